The zero-order valence-corrected chi connectivity index (χ0v) is 17.4. The van der Waals surface area contributed by atoms with Crippen LogP contribution in [-0.4, -0.2) is 21.3 Å². The Morgan fingerprint density at radius 3 is 2.33 bits per heavy atom. The Labute approximate surface area is 179 Å². The van der Waals surface area contributed by atoms with Crippen LogP contribution in [-0.2, 0) is 4.79 Å². The van der Waals surface area contributed by atoms with Crippen molar-refractivity contribution in [2.45, 2.75) is 13.8 Å². The van der Waals surface area contributed by atoms with Gasteiger partial charge in [0.1, 0.15) is 11.5 Å². The number of aromatic hydroxyl groups is 2. The summed E-state index contributed by atoms with van der Waals surface area (Å²) in [5.74, 6) is -0.347. The summed E-state index contributed by atoms with van der Waals surface area (Å²) in [7, 11) is 0. The molecule has 0 spiro atoms. The number of amidine groups is 1. The third-order valence-electron chi connectivity index (χ3n) is 4.79. The number of thioether (sulfide) groups is 1. The first-order valence-electron chi connectivity index (χ1n) is 9.40. The van der Waals surface area contributed by atoms with Crippen LogP contribution in [0.15, 0.2) is 76.6 Å². The summed E-state index contributed by atoms with van der Waals surface area (Å²) >= 11 is 1.26. The molecule has 0 saturated carbocycles. The number of amides is 1. The molecule has 1 amide bonds. The van der Waals surface area contributed by atoms with E-state index in [1.54, 1.807) is 17.0 Å². The molecule has 3 aromatic carbocycles. The van der Waals surface area contributed by atoms with Crippen molar-refractivity contribution < 1.29 is 15.0 Å². The molecule has 0 unspecified atom stereocenters. The van der Waals surface area contributed by atoms with E-state index in [0.29, 0.717) is 15.6 Å². The van der Waals surface area contributed by atoms with E-state index in [0.717, 1.165) is 22.5 Å². The largest absolute Gasteiger partial charge is 0.508 e. The first-order chi connectivity index (χ1) is 14.4. The normalized spacial score (nSPS) is 16.6. The van der Waals surface area contributed by atoms with Gasteiger partial charge in [0, 0.05) is 11.6 Å². The number of phenols is 2. The number of aliphatic imine (C=N–C) groups is 1. The summed E-state index contributed by atoms with van der Waals surface area (Å²) in [6.07, 6.45) is 1.62. The van der Waals surface area contributed by atoms with Crippen molar-refractivity contribution in [3.05, 3.63) is 88.3 Å². The Morgan fingerprint density at radius 1 is 0.933 bits per heavy atom. The molecule has 0 bridgehead atoms. The standard InChI is InChI=1S/C24H20N2O3S/c1-15-7-3-5-9-19(15)25-24-26(20-10-6-4-8-16(20)2)23(29)22(30-24)13-17-11-12-18(27)14-21(17)28/h3-14,27-28H,1-2H3/b22-13-,25-24?. The van der Waals surface area contributed by atoms with Crippen LogP contribution in [0.1, 0.15) is 16.7 Å². The number of anilines is 1. The van der Waals surface area contributed by atoms with Crippen molar-refractivity contribution in [1.29, 1.82) is 0 Å². The van der Waals surface area contributed by atoms with Crippen molar-refractivity contribution in [1.82, 2.24) is 0 Å². The van der Waals surface area contributed by atoms with E-state index in [1.165, 1.54) is 23.9 Å². The fraction of sp³-hybridized carbons (Fsp3) is 0.0833. The van der Waals surface area contributed by atoms with Crippen LogP contribution < -0.4 is 4.90 Å². The van der Waals surface area contributed by atoms with Crippen molar-refractivity contribution in [2.75, 3.05) is 4.90 Å². The molecule has 0 aliphatic carbocycles. The van der Waals surface area contributed by atoms with E-state index in [4.69, 9.17) is 4.99 Å². The molecule has 0 radical (unpaired) electrons. The minimum atomic E-state index is -0.214. The first-order valence-corrected chi connectivity index (χ1v) is 10.2. The van der Waals surface area contributed by atoms with E-state index >= 15 is 0 Å². The zero-order chi connectivity index (χ0) is 21.3. The Morgan fingerprint density at radius 2 is 1.63 bits per heavy atom. The summed E-state index contributed by atoms with van der Waals surface area (Å²) in [4.78, 5) is 20.2. The minimum absolute atomic E-state index is 0.0385. The van der Waals surface area contributed by atoms with Crippen LogP contribution in [0.2, 0.25) is 0 Å². The van der Waals surface area contributed by atoms with Gasteiger partial charge in [-0.05, 0) is 67.1 Å². The lowest BCUT2D eigenvalue weighted by atomic mass is 10.1. The summed E-state index contributed by atoms with van der Waals surface area (Å²) in [6.45, 7) is 3.93. The second-order valence-electron chi connectivity index (χ2n) is 6.96. The van der Waals surface area contributed by atoms with E-state index in [9.17, 15) is 15.0 Å². The van der Waals surface area contributed by atoms with E-state index < -0.39 is 0 Å². The van der Waals surface area contributed by atoms with Gasteiger partial charge in [-0.15, -0.1) is 0 Å². The number of carbonyl (C=O) groups is 1. The Hall–Kier alpha value is -3.51. The zero-order valence-electron chi connectivity index (χ0n) is 16.5. The average Bonchev–Trinajstić information content (AvgIpc) is 3.01. The smallest absolute Gasteiger partial charge is 0.271 e. The molecule has 1 aliphatic heterocycles. The maximum Gasteiger partial charge on any atom is 0.271 e. The van der Waals surface area contributed by atoms with Gasteiger partial charge in [0.15, 0.2) is 5.17 Å². The van der Waals surface area contributed by atoms with E-state index in [-0.39, 0.29) is 17.4 Å². The number of rotatable bonds is 3. The second-order valence-corrected chi connectivity index (χ2v) is 7.97. The molecule has 3 aromatic rings. The molecule has 4 rings (SSSR count). The summed E-state index contributed by atoms with van der Waals surface area (Å²) < 4.78 is 0. The molecule has 0 aromatic heterocycles. The third-order valence-corrected chi connectivity index (χ3v) is 5.76. The first kappa shape index (κ1) is 19.8. The van der Waals surface area contributed by atoms with Crippen LogP contribution >= 0.6 is 11.8 Å². The van der Waals surface area contributed by atoms with Gasteiger partial charge in [-0.3, -0.25) is 9.69 Å². The minimum Gasteiger partial charge on any atom is -0.508 e. The summed E-state index contributed by atoms with van der Waals surface area (Å²) in [5, 5.41) is 20.2. The van der Waals surface area contributed by atoms with Gasteiger partial charge in [0.2, 0.25) is 0 Å². The summed E-state index contributed by atoms with van der Waals surface area (Å²) in [6, 6.07) is 19.7. The number of hydrogen-bond donors (Lipinski definition) is 2. The molecular weight excluding hydrogens is 396 g/mol. The van der Waals surface area contributed by atoms with Gasteiger partial charge < -0.3 is 10.2 Å². The molecule has 0 atom stereocenters. The van der Waals surface area contributed by atoms with Crippen LogP contribution in [0.25, 0.3) is 6.08 Å². The molecule has 1 fully saturated rings. The fourth-order valence-corrected chi connectivity index (χ4v) is 4.14. The van der Waals surface area contributed by atoms with Gasteiger partial charge in [0.05, 0.1) is 16.3 Å². The molecule has 1 heterocycles. The van der Waals surface area contributed by atoms with Crippen molar-refractivity contribution in [3.8, 4) is 11.5 Å². The SMILES string of the molecule is Cc1ccccc1N=C1S/C(=C\c2ccc(O)cc2O)C(=O)N1c1ccccc1C. The van der Waals surface area contributed by atoms with Gasteiger partial charge in [0.25, 0.3) is 5.91 Å². The Kier molecular flexibility index (Phi) is 5.33. The second kappa shape index (κ2) is 8.08. The number of carbonyl (C=O) groups excluding carboxylic acids is 1. The predicted molar refractivity (Wildman–Crippen MR) is 122 cm³/mol. The molecule has 1 aliphatic rings. The van der Waals surface area contributed by atoms with Crippen LogP contribution in [0, 0.1) is 13.8 Å². The summed E-state index contributed by atoms with van der Waals surface area (Å²) in [5.41, 5.74) is 3.97. The maximum absolute atomic E-state index is 13.4. The number of benzene rings is 3. The van der Waals surface area contributed by atoms with Crippen LogP contribution in [0.5, 0.6) is 11.5 Å². The molecule has 5 nitrogen and oxygen atoms in total. The highest BCUT2D eigenvalue weighted by Gasteiger charge is 2.35. The quantitative estimate of drug-likeness (QED) is 0.551. The van der Waals surface area contributed by atoms with Gasteiger partial charge in [-0.25, -0.2) is 4.99 Å². The fourth-order valence-electron chi connectivity index (χ4n) is 3.16. The average molecular weight is 417 g/mol. The van der Waals surface area contributed by atoms with E-state index in [2.05, 4.69) is 0 Å². The highest BCUT2D eigenvalue weighted by molar-refractivity contribution is 8.19. The topological polar surface area (TPSA) is 73.1 Å². The molecule has 2 N–H and O–H groups in total. The highest BCUT2D eigenvalue weighted by Crippen LogP contribution is 2.39. The van der Waals surface area contributed by atoms with E-state index in [1.807, 2.05) is 62.4 Å². The van der Waals surface area contributed by atoms with Crippen molar-refractivity contribution >= 4 is 40.3 Å². The lowest BCUT2D eigenvalue weighted by Crippen LogP contribution is -2.29. The van der Waals surface area contributed by atoms with Gasteiger partial charge in [-0.2, -0.15) is 0 Å². The van der Waals surface area contributed by atoms with Crippen molar-refractivity contribution in [2.24, 2.45) is 4.99 Å². The molecule has 30 heavy (non-hydrogen) atoms. The molecule has 1 saturated heterocycles. The molecule has 6 heteroatoms. The number of phenolic OH excluding ortho intramolecular Hbond substituents is 2. The Balaban J connectivity index is 1.83. The lowest BCUT2D eigenvalue weighted by Gasteiger charge is -2.18. The van der Waals surface area contributed by atoms with Gasteiger partial charge in [-0.1, -0.05) is 36.4 Å². The van der Waals surface area contributed by atoms with Gasteiger partial charge >= 0.3 is 0 Å². The van der Waals surface area contributed by atoms with Crippen LogP contribution in [0.3, 0.4) is 0 Å². The van der Waals surface area contributed by atoms with Crippen LogP contribution in [0.4, 0.5) is 11.4 Å². The maximum atomic E-state index is 13.4. The number of hydrogen-bond acceptors (Lipinski definition) is 5. The molecular formula is C24H20N2O3S. The number of aryl methyl sites for hydroxylation is 2. The lowest BCUT2D eigenvalue weighted by molar-refractivity contribution is -0.113. The monoisotopic (exact) mass is 416 g/mol. The predicted octanol–water partition coefficient (Wildman–Crippen LogP) is 5.52. The third kappa shape index (κ3) is 3.82. The Bertz CT molecular complexity index is 1200. The molecule has 150 valence electrons. The number of nitrogens with zero attached hydrogens (tertiary/aromatic N) is 2. The number of para-hydroxylation sites is 2. The highest BCUT2D eigenvalue weighted by atomic mass is 32.2. The van der Waals surface area contributed by atoms with Crippen molar-refractivity contribution in [3.63, 3.8) is 0 Å².